The molecule has 3 nitrogen and oxygen atoms in total. The molecule has 2 rings (SSSR count). The van der Waals surface area contributed by atoms with Crippen molar-refractivity contribution in [2.24, 2.45) is 5.73 Å². The van der Waals surface area contributed by atoms with Gasteiger partial charge in [-0.2, -0.15) is 0 Å². The average Bonchev–Trinajstić information content (AvgIpc) is 3.09. The number of unbranched alkanes of at least 4 members (excludes halogenated alkanes) is 1. The van der Waals surface area contributed by atoms with Gasteiger partial charge in [-0.15, -0.1) is 11.3 Å². The zero-order valence-electron chi connectivity index (χ0n) is 15.1. The summed E-state index contributed by atoms with van der Waals surface area (Å²) in [6.45, 7) is 8.82. The molecule has 2 N–H and O–H groups in total. The average molecular weight is 346 g/mol. The second kappa shape index (κ2) is 10.6. The smallest absolute Gasteiger partial charge is 0.123 e. The van der Waals surface area contributed by atoms with E-state index in [0.717, 1.165) is 16.3 Å². The molecule has 0 unspecified atom stereocenters. The maximum absolute atomic E-state index is 5.66. The van der Waals surface area contributed by atoms with Gasteiger partial charge in [0.25, 0.3) is 0 Å². The highest BCUT2D eigenvalue weighted by Crippen LogP contribution is 2.25. The summed E-state index contributed by atoms with van der Waals surface area (Å²) in [5, 5.41) is 1.07. The van der Waals surface area contributed by atoms with Gasteiger partial charge in [-0.3, -0.25) is 0 Å². The highest BCUT2D eigenvalue weighted by Gasteiger charge is 2.05. The molecular formula is C20H31N3S. The van der Waals surface area contributed by atoms with Crippen molar-refractivity contribution in [3.8, 4) is 10.6 Å². The Bertz CT molecular complexity index is 571. The summed E-state index contributed by atoms with van der Waals surface area (Å²) in [5.41, 5.74) is 8.28. The predicted molar refractivity (Wildman–Crippen MR) is 105 cm³/mol. The van der Waals surface area contributed by atoms with E-state index in [1.54, 1.807) is 11.3 Å². The molecule has 0 radical (unpaired) electrons. The lowest BCUT2D eigenvalue weighted by atomic mass is 10.1. The van der Waals surface area contributed by atoms with E-state index in [9.17, 15) is 0 Å². The molecule has 2 aromatic rings. The maximum Gasteiger partial charge on any atom is 0.123 e. The van der Waals surface area contributed by atoms with Crippen LogP contribution in [0.25, 0.3) is 10.6 Å². The third kappa shape index (κ3) is 6.00. The summed E-state index contributed by atoms with van der Waals surface area (Å²) in [5.74, 6) is 0. The van der Waals surface area contributed by atoms with Crippen molar-refractivity contribution >= 4 is 11.3 Å². The Balaban J connectivity index is 1.77. The predicted octanol–water partition coefficient (Wildman–Crippen LogP) is 4.71. The second-order valence-corrected chi connectivity index (χ2v) is 7.45. The standard InChI is InChI=1S/C20H31N3S/c1-3-12-23(13-4-2)14-6-5-7-17-8-10-18(11-9-17)20-22-16-19(15-21)24-20/h8-11,16H,3-7,12-15,21H2,1-2H3. The molecule has 0 amide bonds. The highest BCUT2D eigenvalue weighted by atomic mass is 32.1. The number of benzene rings is 1. The van der Waals surface area contributed by atoms with Crippen molar-refractivity contribution in [1.29, 1.82) is 0 Å². The third-order valence-corrected chi connectivity index (χ3v) is 5.29. The van der Waals surface area contributed by atoms with Crippen LogP contribution in [0.2, 0.25) is 0 Å². The molecule has 4 heteroatoms. The SMILES string of the molecule is CCCN(CCC)CCCCc1ccc(-c2ncc(CN)s2)cc1. The summed E-state index contributed by atoms with van der Waals surface area (Å²) >= 11 is 1.68. The molecule has 0 saturated heterocycles. The number of nitrogens with two attached hydrogens (primary N) is 1. The van der Waals surface area contributed by atoms with Crippen molar-refractivity contribution in [2.75, 3.05) is 19.6 Å². The van der Waals surface area contributed by atoms with Crippen LogP contribution in [-0.2, 0) is 13.0 Å². The first kappa shape index (κ1) is 19.1. The molecular weight excluding hydrogens is 314 g/mol. The van der Waals surface area contributed by atoms with E-state index in [-0.39, 0.29) is 0 Å². The van der Waals surface area contributed by atoms with Crippen LogP contribution in [0.4, 0.5) is 0 Å². The van der Waals surface area contributed by atoms with E-state index in [2.05, 4.69) is 48.0 Å². The van der Waals surface area contributed by atoms with Gasteiger partial charge in [0.2, 0.25) is 0 Å². The lowest BCUT2D eigenvalue weighted by Crippen LogP contribution is -2.26. The van der Waals surface area contributed by atoms with Gasteiger partial charge >= 0.3 is 0 Å². The number of aromatic nitrogens is 1. The van der Waals surface area contributed by atoms with Crippen LogP contribution in [0.3, 0.4) is 0 Å². The fraction of sp³-hybridized carbons (Fsp3) is 0.550. The van der Waals surface area contributed by atoms with Crippen molar-refractivity contribution in [1.82, 2.24) is 9.88 Å². The van der Waals surface area contributed by atoms with Crippen LogP contribution in [-0.4, -0.2) is 29.5 Å². The number of nitrogens with zero attached hydrogens (tertiary/aromatic N) is 2. The van der Waals surface area contributed by atoms with Gasteiger partial charge in [0.15, 0.2) is 0 Å². The van der Waals surface area contributed by atoms with Crippen LogP contribution in [0, 0.1) is 0 Å². The van der Waals surface area contributed by atoms with Gasteiger partial charge in [-0.05, 0) is 57.3 Å². The molecule has 0 aliphatic rings. The van der Waals surface area contributed by atoms with Gasteiger partial charge in [-0.25, -0.2) is 4.98 Å². The topological polar surface area (TPSA) is 42.2 Å². The van der Waals surface area contributed by atoms with Gasteiger partial charge < -0.3 is 10.6 Å². The van der Waals surface area contributed by atoms with E-state index in [0.29, 0.717) is 6.54 Å². The van der Waals surface area contributed by atoms with Crippen molar-refractivity contribution in [3.63, 3.8) is 0 Å². The van der Waals surface area contributed by atoms with E-state index >= 15 is 0 Å². The molecule has 0 aliphatic heterocycles. The third-order valence-electron chi connectivity index (χ3n) is 4.23. The quantitative estimate of drug-likeness (QED) is 0.600. The molecule has 0 saturated carbocycles. The highest BCUT2D eigenvalue weighted by molar-refractivity contribution is 7.15. The van der Waals surface area contributed by atoms with Crippen molar-refractivity contribution < 1.29 is 0 Å². The Morgan fingerprint density at radius 3 is 2.29 bits per heavy atom. The van der Waals surface area contributed by atoms with E-state index in [4.69, 9.17) is 5.73 Å². The molecule has 1 aromatic carbocycles. The Kier molecular flexibility index (Phi) is 8.43. The van der Waals surface area contributed by atoms with E-state index in [1.165, 1.54) is 56.4 Å². The molecule has 1 heterocycles. The fourth-order valence-corrected chi connectivity index (χ4v) is 3.78. The van der Waals surface area contributed by atoms with Crippen LogP contribution in [0.15, 0.2) is 30.5 Å². The van der Waals surface area contributed by atoms with Crippen LogP contribution < -0.4 is 5.73 Å². The Hall–Kier alpha value is -1.23. The largest absolute Gasteiger partial charge is 0.326 e. The molecule has 0 bridgehead atoms. The number of aryl methyl sites for hydroxylation is 1. The lowest BCUT2D eigenvalue weighted by molar-refractivity contribution is 0.269. The second-order valence-electron chi connectivity index (χ2n) is 6.33. The number of hydrogen-bond acceptors (Lipinski definition) is 4. The van der Waals surface area contributed by atoms with E-state index in [1.807, 2.05) is 6.20 Å². The first-order valence-corrected chi connectivity index (χ1v) is 10.0. The van der Waals surface area contributed by atoms with E-state index < -0.39 is 0 Å². The Morgan fingerprint density at radius 2 is 1.71 bits per heavy atom. The van der Waals surface area contributed by atoms with Crippen LogP contribution >= 0.6 is 11.3 Å². The van der Waals surface area contributed by atoms with Crippen molar-refractivity contribution in [3.05, 3.63) is 40.9 Å². The maximum atomic E-state index is 5.66. The zero-order chi connectivity index (χ0) is 17.2. The fourth-order valence-electron chi connectivity index (χ4n) is 2.98. The summed E-state index contributed by atoms with van der Waals surface area (Å²) in [7, 11) is 0. The first-order valence-electron chi connectivity index (χ1n) is 9.23. The normalized spacial score (nSPS) is 11.3. The minimum Gasteiger partial charge on any atom is -0.326 e. The molecule has 24 heavy (non-hydrogen) atoms. The number of rotatable bonds is 11. The first-order chi connectivity index (χ1) is 11.8. The minimum absolute atomic E-state index is 0.572. The zero-order valence-corrected chi connectivity index (χ0v) is 15.9. The monoisotopic (exact) mass is 345 g/mol. The molecule has 0 atom stereocenters. The molecule has 0 fully saturated rings. The molecule has 0 spiro atoms. The molecule has 1 aromatic heterocycles. The van der Waals surface area contributed by atoms with Gasteiger partial charge in [0.05, 0.1) is 0 Å². The Labute approximate surface area is 150 Å². The lowest BCUT2D eigenvalue weighted by Gasteiger charge is -2.20. The summed E-state index contributed by atoms with van der Waals surface area (Å²) in [6, 6.07) is 8.87. The van der Waals surface area contributed by atoms with Gasteiger partial charge in [0, 0.05) is 23.2 Å². The minimum atomic E-state index is 0.572. The molecule has 0 aliphatic carbocycles. The van der Waals surface area contributed by atoms with Crippen LogP contribution in [0.1, 0.15) is 50.0 Å². The van der Waals surface area contributed by atoms with Gasteiger partial charge in [0.1, 0.15) is 5.01 Å². The van der Waals surface area contributed by atoms with Crippen LogP contribution in [0.5, 0.6) is 0 Å². The summed E-state index contributed by atoms with van der Waals surface area (Å²) < 4.78 is 0. The van der Waals surface area contributed by atoms with Crippen molar-refractivity contribution in [2.45, 2.75) is 52.5 Å². The molecule has 132 valence electrons. The number of hydrogen-bond donors (Lipinski definition) is 1. The number of thiazole rings is 1. The summed E-state index contributed by atoms with van der Waals surface area (Å²) in [4.78, 5) is 8.18. The van der Waals surface area contributed by atoms with Gasteiger partial charge in [-0.1, -0.05) is 38.1 Å². The Morgan fingerprint density at radius 1 is 1.00 bits per heavy atom. The summed E-state index contributed by atoms with van der Waals surface area (Å²) in [6.07, 6.45) is 8.10.